The van der Waals surface area contributed by atoms with E-state index in [1.165, 1.54) is 16.7 Å². The fraction of sp³-hybridized carbons (Fsp3) is 0.429. The Bertz CT molecular complexity index is 638. The molecule has 2 nitrogen and oxygen atoms in total. The van der Waals surface area contributed by atoms with Crippen LogP contribution in [0.2, 0.25) is 0 Å². The standard InChI is InChI=1S/C21H27NO/c1-4-22(17(3)19-8-6-5-7-9-19)16(2)14-18-10-11-21-20(15-18)12-13-23-21/h5-11,15-17H,4,12-14H2,1-3H3/t16?,17-/m0/s1. The van der Waals surface area contributed by atoms with Crippen molar-refractivity contribution in [2.45, 2.75) is 45.7 Å². The lowest BCUT2D eigenvalue weighted by molar-refractivity contribution is 0.162. The van der Waals surface area contributed by atoms with E-state index in [2.05, 4.69) is 74.2 Å². The first kappa shape index (κ1) is 16.1. The lowest BCUT2D eigenvalue weighted by Gasteiger charge is -2.34. The Balaban J connectivity index is 1.71. The topological polar surface area (TPSA) is 12.5 Å². The van der Waals surface area contributed by atoms with Gasteiger partial charge in [-0.15, -0.1) is 0 Å². The highest BCUT2D eigenvalue weighted by atomic mass is 16.5. The Hall–Kier alpha value is -1.80. The van der Waals surface area contributed by atoms with Gasteiger partial charge in [0.25, 0.3) is 0 Å². The Morgan fingerprint density at radius 3 is 2.61 bits per heavy atom. The minimum atomic E-state index is 0.439. The van der Waals surface area contributed by atoms with Gasteiger partial charge in [-0.05, 0) is 49.6 Å². The van der Waals surface area contributed by atoms with Crippen molar-refractivity contribution in [2.75, 3.05) is 13.2 Å². The van der Waals surface area contributed by atoms with Crippen LogP contribution in [0.3, 0.4) is 0 Å². The minimum absolute atomic E-state index is 0.439. The maximum absolute atomic E-state index is 5.61. The van der Waals surface area contributed by atoms with Crippen LogP contribution in [-0.2, 0) is 12.8 Å². The van der Waals surface area contributed by atoms with Crippen molar-refractivity contribution >= 4 is 0 Å². The van der Waals surface area contributed by atoms with Crippen molar-refractivity contribution in [1.82, 2.24) is 4.90 Å². The Labute approximate surface area is 140 Å². The van der Waals surface area contributed by atoms with E-state index in [0.717, 1.165) is 31.7 Å². The molecule has 2 aromatic rings. The summed E-state index contributed by atoms with van der Waals surface area (Å²) in [4.78, 5) is 2.58. The molecule has 122 valence electrons. The van der Waals surface area contributed by atoms with E-state index < -0.39 is 0 Å². The van der Waals surface area contributed by atoms with Gasteiger partial charge in [-0.2, -0.15) is 0 Å². The summed E-state index contributed by atoms with van der Waals surface area (Å²) in [5.74, 6) is 1.08. The second kappa shape index (κ2) is 7.18. The van der Waals surface area contributed by atoms with E-state index in [1.807, 2.05) is 0 Å². The molecule has 1 heterocycles. The first-order valence-electron chi connectivity index (χ1n) is 8.74. The molecule has 23 heavy (non-hydrogen) atoms. The van der Waals surface area contributed by atoms with Crippen LogP contribution in [0.1, 0.15) is 43.5 Å². The molecule has 0 saturated heterocycles. The second-order valence-electron chi connectivity index (χ2n) is 6.51. The van der Waals surface area contributed by atoms with Gasteiger partial charge in [-0.1, -0.05) is 49.4 Å². The number of fused-ring (bicyclic) bond motifs is 1. The van der Waals surface area contributed by atoms with E-state index in [-0.39, 0.29) is 0 Å². The molecule has 0 N–H and O–H groups in total. The zero-order chi connectivity index (χ0) is 16.2. The van der Waals surface area contributed by atoms with Crippen LogP contribution in [-0.4, -0.2) is 24.1 Å². The van der Waals surface area contributed by atoms with Gasteiger partial charge in [-0.3, -0.25) is 4.90 Å². The van der Waals surface area contributed by atoms with Crippen LogP contribution in [0.5, 0.6) is 5.75 Å². The molecule has 1 unspecified atom stereocenters. The number of hydrogen-bond donors (Lipinski definition) is 0. The summed E-state index contributed by atoms with van der Waals surface area (Å²) >= 11 is 0. The first-order chi connectivity index (χ1) is 11.2. The van der Waals surface area contributed by atoms with Gasteiger partial charge in [0.1, 0.15) is 5.75 Å². The highest BCUT2D eigenvalue weighted by Gasteiger charge is 2.21. The third kappa shape index (κ3) is 3.59. The fourth-order valence-electron chi connectivity index (χ4n) is 3.72. The Morgan fingerprint density at radius 2 is 1.87 bits per heavy atom. The average Bonchev–Trinajstić information content (AvgIpc) is 3.04. The van der Waals surface area contributed by atoms with Crippen LogP contribution in [0, 0.1) is 0 Å². The Kier molecular flexibility index (Phi) is 5.02. The smallest absolute Gasteiger partial charge is 0.122 e. The first-order valence-corrected chi connectivity index (χ1v) is 8.74. The van der Waals surface area contributed by atoms with Gasteiger partial charge in [-0.25, -0.2) is 0 Å². The van der Waals surface area contributed by atoms with Crippen LogP contribution in [0.25, 0.3) is 0 Å². The van der Waals surface area contributed by atoms with Gasteiger partial charge >= 0.3 is 0 Å². The highest BCUT2D eigenvalue weighted by molar-refractivity contribution is 5.40. The number of rotatable bonds is 6. The summed E-state index contributed by atoms with van der Waals surface area (Å²) in [5.41, 5.74) is 4.18. The van der Waals surface area contributed by atoms with Crippen molar-refractivity contribution < 1.29 is 4.74 Å². The molecular weight excluding hydrogens is 282 g/mol. The molecule has 1 aliphatic heterocycles. The molecule has 2 aromatic carbocycles. The quantitative estimate of drug-likeness (QED) is 0.771. The molecule has 0 spiro atoms. The lowest BCUT2D eigenvalue weighted by atomic mass is 9.99. The third-order valence-corrected chi connectivity index (χ3v) is 5.00. The highest BCUT2D eigenvalue weighted by Crippen LogP contribution is 2.28. The van der Waals surface area contributed by atoms with Gasteiger partial charge in [0.15, 0.2) is 0 Å². The van der Waals surface area contributed by atoms with E-state index in [4.69, 9.17) is 4.74 Å². The van der Waals surface area contributed by atoms with Crippen LogP contribution < -0.4 is 4.74 Å². The number of benzene rings is 2. The minimum Gasteiger partial charge on any atom is -0.493 e. The summed E-state index contributed by atoms with van der Waals surface area (Å²) in [7, 11) is 0. The maximum atomic E-state index is 5.61. The molecule has 3 rings (SSSR count). The summed E-state index contributed by atoms with van der Waals surface area (Å²) in [6, 6.07) is 18.4. The van der Waals surface area contributed by atoms with E-state index in [9.17, 15) is 0 Å². The van der Waals surface area contributed by atoms with Crippen LogP contribution in [0.4, 0.5) is 0 Å². The van der Waals surface area contributed by atoms with E-state index in [1.54, 1.807) is 0 Å². The summed E-state index contributed by atoms with van der Waals surface area (Å²) < 4.78 is 5.61. The maximum Gasteiger partial charge on any atom is 0.122 e. The monoisotopic (exact) mass is 309 g/mol. The van der Waals surface area contributed by atoms with Crippen molar-refractivity contribution in [3.05, 3.63) is 65.2 Å². The molecule has 0 aliphatic carbocycles. The Morgan fingerprint density at radius 1 is 1.09 bits per heavy atom. The molecule has 2 atom stereocenters. The largest absolute Gasteiger partial charge is 0.493 e. The van der Waals surface area contributed by atoms with E-state index >= 15 is 0 Å². The van der Waals surface area contributed by atoms with Crippen molar-refractivity contribution in [2.24, 2.45) is 0 Å². The zero-order valence-electron chi connectivity index (χ0n) is 14.5. The predicted molar refractivity (Wildman–Crippen MR) is 96.0 cm³/mol. The average molecular weight is 309 g/mol. The summed E-state index contributed by atoms with van der Waals surface area (Å²) in [6.07, 6.45) is 2.13. The third-order valence-electron chi connectivity index (χ3n) is 5.00. The van der Waals surface area contributed by atoms with Crippen molar-refractivity contribution in [3.8, 4) is 5.75 Å². The normalized spacial score (nSPS) is 16.0. The van der Waals surface area contributed by atoms with Gasteiger partial charge < -0.3 is 4.74 Å². The fourth-order valence-corrected chi connectivity index (χ4v) is 3.72. The van der Waals surface area contributed by atoms with Crippen molar-refractivity contribution in [3.63, 3.8) is 0 Å². The molecule has 0 aromatic heterocycles. The molecular formula is C21H27NO. The van der Waals surface area contributed by atoms with Crippen LogP contribution >= 0.6 is 0 Å². The second-order valence-corrected chi connectivity index (χ2v) is 6.51. The van der Waals surface area contributed by atoms with Crippen molar-refractivity contribution in [1.29, 1.82) is 0 Å². The molecule has 0 saturated carbocycles. The van der Waals surface area contributed by atoms with Crippen LogP contribution in [0.15, 0.2) is 48.5 Å². The lowest BCUT2D eigenvalue weighted by Crippen LogP contribution is -2.36. The zero-order valence-corrected chi connectivity index (χ0v) is 14.5. The number of ether oxygens (including phenoxy) is 1. The van der Waals surface area contributed by atoms with Gasteiger partial charge in [0.2, 0.25) is 0 Å². The number of hydrogen-bond acceptors (Lipinski definition) is 2. The molecule has 0 bridgehead atoms. The number of nitrogens with zero attached hydrogens (tertiary/aromatic N) is 1. The summed E-state index contributed by atoms with van der Waals surface area (Å²) in [5, 5.41) is 0. The molecule has 0 fully saturated rings. The molecule has 0 radical (unpaired) electrons. The summed E-state index contributed by atoms with van der Waals surface area (Å²) in [6.45, 7) is 8.80. The molecule has 0 amide bonds. The predicted octanol–water partition coefficient (Wildman–Crippen LogP) is 4.64. The SMILES string of the molecule is CCN(C(C)Cc1ccc2c(c1)CCO2)[C@@H](C)c1ccccc1. The molecule has 1 aliphatic rings. The van der Waals surface area contributed by atoms with E-state index in [0.29, 0.717) is 12.1 Å². The number of likely N-dealkylation sites (N-methyl/N-ethyl adjacent to an activating group) is 1. The van der Waals surface area contributed by atoms with Gasteiger partial charge in [0.05, 0.1) is 6.61 Å². The molecule has 2 heteroatoms. The van der Waals surface area contributed by atoms with Gasteiger partial charge in [0, 0.05) is 18.5 Å².